The van der Waals surface area contributed by atoms with Crippen molar-refractivity contribution in [3.8, 4) is 28.3 Å². The standard InChI is InChI=1S/C35H23N3S/c1-35(2)25-13-6-3-10-20(25)23-18-24-21-11-4-7-15-28(21)38(29(24)19-26(23)35)34-36-27-14-9-17-31-32(27)33(37-34)22-12-5-8-16-30(22)39-31/h3-19H,1-2H3. The third-order valence-electron chi connectivity index (χ3n) is 8.61. The molecule has 0 radical (unpaired) electrons. The molecule has 5 aromatic carbocycles. The Labute approximate surface area is 230 Å². The van der Waals surface area contributed by atoms with Crippen LogP contribution in [0.2, 0.25) is 0 Å². The van der Waals surface area contributed by atoms with Gasteiger partial charge in [0.1, 0.15) is 0 Å². The van der Waals surface area contributed by atoms with Crippen molar-refractivity contribution < 1.29 is 0 Å². The highest BCUT2D eigenvalue weighted by Crippen LogP contribution is 2.51. The van der Waals surface area contributed by atoms with Crippen molar-refractivity contribution in [3.05, 3.63) is 114 Å². The number of nitrogens with zero attached hydrogens (tertiary/aromatic N) is 3. The molecule has 0 atom stereocenters. The molecule has 1 aliphatic carbocycles. The molecule has 3 nitrogen and oxygen atoms in total. The molecule has 3 heterocycles. The Morgan fingerprint density at radius 3 is 2.31 bits per heavy atom. The van der Waals surface area contributed by atoms with E-state index in [1.807, 2.05) is 0 Å². The molecule has 4 heteroatoms. The van der Waals surface area contributed by atoms with E-state index in [0.717, 1.165) is 33.6 Å². The zero-order valence-corrected chi connectivity index (χ0v) is 22.4. The monoisotopic (exact) mass is 517 g/mol. The molecular formula is C35H23N3S. The van der Waals surface area contributed by atoms with Gasteiger partial charge < -0.3 is 0 Å². The van der Waals surface area contributed by atoms with Crippen LogP contribution >= 0.6 is 11.8 Å². The maximum atomic E-state index is 5.32. The maximum Gasteiger partial charge on any atom is 0.235 e. The third-order valence-corrected chi connectivity index (χ3v) is 9.75. The predicted molar refractivity (Wildman–Crippen MR) is 161 cm³/mol. The average Bonchev–Trinajstić information content (AvgIpc) is 3.41. The van der Waals surface area contributed by atoms with Gasteiger partial charge in [0.05, 0.1) is 22.2 Å². The van der Waals surface area contributed by atoms with Crippen LogP contribution in [-0.2, 0) is 5.41 Å². The molecule has 0 spiro atoms. The molecular weight excluding hydrogens is 494 g/mol. The van der Waals surface area contributed by atoms with Gasteiger partial charge in [0, 0.05) is 36.9 Å². The van der Waals surface area contributed by atoms with Crippen LogP contribution in [0, 0.1) is 0 Å². The number of benzene rings is 5. The number of fused-ring (bicyclic) bond motifs is 8. The van der Waals surface area contributed by atoms with Gasteiger partial charge in [-0.25, -0.2) is 9.97 Å². The van der Waals surface area contributed by atoms with Gasteiger partial charge in [0.15, 0.2) is 0 Å². The van der Waals surface area contributed by atoms with Gasteiger partial charge in [-0.2, -0.15) is 0 Å². The smallest absolute Gasteiger partial charge is 0.235 e. The van der Waals surface area contributed by atoms with Crippen molar-refractivity contribution in [1.29, 1.82) is 0 Å². The second-order valence-corrected chi connectivity index (χ2v) is 12.1. The fraction of sp³-hybridized carbons (Fsp3) is 0.0857. The quantitative estimate of drug-likeness (QED) is 0.217. The lowest BCUT2D eigenvalue weighted by Crippen LogP contribution is -2.15. The lowest BCUT2D eigenvalue weighted by Gasteiger charge is -2.22. The molecule has 2 aliphatic rings. The first-order valence-corrected chi connectivity index (χ1v) is 14.2. The van der Waals surface area contributed by atoms with Gasteiger partial charge in [-0.1, -0.05) is 92.3 Å². The van der Waals surface area contributed by atoms with Gasteiger partial charge in [-0.15, -0.1) is 0 Å². The Balaban J connectivity index is 1.41. The highest BCUT2D eigenvalue weighted by Gasteiger charge is 2.36. The normalized spacial score (nSPS) is 14.5. The van der Waals surface area contributed by atoms with Gasteiger partial charge in [0.2, 0.25) is 5.95 Å². The maximum absolute atomic E-state index is 5.32. The van der Waals surface area contributed by atoms with Crippen LogP contribution in [0.1, 0.15) is 25.0 Å². The van der Waals surface area contributed by atoms with E-state index in [2.05, 4.69) is 122 Å². The molecule has 7 aromatic rings. The van der Waals surface area contributed by atoms with Crippen molar-refractivity contribution in [1.82, 2.24) is 14.5 Å². The second kappa shape index (κ2) is 7.37. The van der Waals surface area contributed by atoms with Crippen LogP contribution in [0.3, 0.4) is 0 Å². The summed E-state index contributed by atoms with van der Waals surface area (Å²) in [6.07, 6.45) is 0. The molecule has 0 fully saturated rings. The summed E-state index contributed by atoms with van der Waals surface area (Å²) in [5.41, 5.74) is 10.8. The summed E-state index contributed by atoms with van der Waals surface area (Å²) in [4.78, 5) is 13.0. The molecule has 0 amide bonds. The molecule has 2 aromatic heterocycles. The Bertz CT molecular complexity index is 2190. The van der Waals surface area contributed by atoms with Gasteiger partial charge >= 0.3 is 0 Å². The lowest BCUT2D eigenvalue weighted by molar-refractivity contribution is 0.661. The van der Waals surface area contributed by atoms with Crippen LogP contribution < -0.4 is 0 Å². The first kappa shape index (κ1) is 21.5. The summed E-state index contributed by atoms with van der Waals surface area (Å²) in [5.74, 6) is 0.718. The number of hydrogen-bond acceptors (Lipinski definition) is 3. The summed E-state index contributed by atoms with van der Waals surface area (Å²) in [6, 6.07) is 37.3. The SMILES string of the molecule is CC1(C)c2ccccc2-c2cc3c4ccccc4n(-c4nc5c6c(cccc6n4)Sc4ccccc4-5)c3cc21. The van der Waals surface area contributed by atoms with Crippen molar-refractivity contribution in [2.45, 2.75) is 29.1 Å². The van der Waals surface area contributed by atoms with E-state index < -0.39 is 0 Å². The minimum absolute atomic E-state index is 0.0807. The topological polar surface area (TPSA) is 30.7 Å². The number of para-hydroxylation sites is 1. The zero-order valence-electron chi connectivity index (χ0n) is 21.6. The summed E-state index contributed by atoms with van der Waals surface area (Å²) in [5, 5.41) is 3.60. The van der Waals surface area contributed by atoms with E-state index in [1.54, 1.807) is 11.8 Å². The first-order chi connectivity index (χ1) is 19.1. The van der Waals surface area contributed by atoms with Crippen molar-refractivity contribution in [2.75, 3.05) is 0 Å². The Hall–Kier alpha value is -4.41. The van der Waals surface area contributed by atoms with E-state index in [9.17, 15) is 0 Å². The minimum atomic E-state index is -0.0807. The highest BCUT2D eigenvalue weighted by atomic mass is 32.2. The Kier molecular flexibility index (Phi) is 4.06. The third kappa shape index (κ3) is 2.74. The van der Waals surface area contributed by atoms with Crippen LogP contribution in [0.5, 0.6) is 0 Å². The molecule has 1 aliphatic heterocycles. The van der Waals surface area contributed by atoms with E-state index in [1.165, 1.54) is 48.4 Å². The van der Waals surface area contributed by atoms with Crippen LogP contribution in [0.25, 0.3) is 61.0 Å². The van der Waals surface area contributed by atoms with E-state index in [-0.39, 0.29) is 5.41 Å². The molecule has 0 saturated carbocycles. The molecule has 39 heavy (non-hydrogen) atoms. The summed E-state index contributed by atoms with van der Waals surface area (Å²) in [6.45, 7) is 4.67. The fourth-order valence-corrected chi connectivity index (χ4v) is 7.88. The van der Waals surface area contributed by atoms with Crippen molar-refractivity contribution in [2.24, 2.45) is 0 Å². The highest BCUT2D eigenvalue weighted by molar-refractivity contribution is 7.99. The molecule has 0 unspecified atom stereocenters. The lowest BCUT2D eigenvalue weighted by atomic mass is 9.82. The zero-order chi connectivity index (χ0) is 25.9. The largest absolute Gasteiger partial charge is 0.278 e. The Morgan fingerprint density at radius 2 is 1.38 bits per heavy atom. The molecule has 0 saturated heterocycles. The van der Waals surface area contributed by atoms with Crippen LogP contribution in [0.4, 0.5) is 0 Å². The molecule has 0 N–H and O–H groups in total. The van der Waals surface area contributed by atoms with Gasteiger partial charge in [0.25, 0.3) is 0 Å². The van der Waals surface area contributed by atoms with E-state index in [4.69, 9.17) is 9.97 Å². The van der Waals surface area contributed by atoms with E-state index in [0.29, 0.717) is 0 Å². The predicted octanol–water partition coefficient (Wildman–Crippen LogP) is 9.16. The van der Waals surface area contributed by atoms with Crippen molar-refractivity contribution in [3.63, 3.8) is 0 Å². The number of aromatic nitrogens is 3. The van der Waals surface area contributed by atoms with Crippen molar-refractivity contribution >= 4 is 44.5 Å². The summed E-state index contributed by atoms with van der Waals surface area (Å²) < 4.78 is 2.27. The second-order valence-electron chi connectivity index (χ2n) is 11.1. The van der Waals surface area contributed by atoms with E-state index >= 15 is 0 Å². The van der Waals surface area contributed by atoms with Crippen LogP contribution in [-0.4, -0.2) is 14.5 Å². The molecule has 184 valence electrons. The first-order valence-electron chi connectivity index (χ1n) is 13.4. The van der Waals surface area contributed by atoms with Crippen LogP contribution in [0.15, 0.2) is 113 Å². The number of hydrogen-bond donors (Lipinski definition) is 0. The summed E-state index contributed by atoms with van der Waals surface area (Å²) >= 11 is 1.80. The Morgan fingerprint density at radius 1 is 0.615 bits per heavy atom. The minimum Gasteiger partial charge on any atom is -0.278 e. The molecule has 0 bridgehead atoms. The van der Waals surface area contributed by atoms with Gasteiger partial charge in [-0.3, -0.25) is 4.57 Å². The summed E-state index contributed by atoms with van der Waals surface area (Å²) in [7, 11) is 0. The van der Waals surface area contributed by atoms with Gasteiger partial charge in [-0.05, 0) is 58.7 Å². The number of rotatable bonds is 1. The fourth-order valence-electron chi connectivity index (χ4n) is 6.77. The average molecular weight is 518 g/mol. The molecule has 9 rings (SSSR count).